The molecule has 0 fully saturated rings. The van der Waals surface area contributed by atoms with Gasteiger partial charge in [-0.3, -0.25) is 0 Å². The minimum atomic E-state index is -0.0180. The zero-order valence-corrected chi connectivity index (χ0v) is 22.6. The van der Waals surface area contributed by atoms with Crippen molar-refractivity contribution < 1.29 is 0 Å². The van der Waals surface area contributed by atoms with E-state index in [-0.39, 0.29) is 11.0 Å². The molecule has 0 radical (unpaired) electrons. The summed E-state index contributed by atoms with van der Waals surface area (Å²) in [5, 5.41) is 3.81. The van der Waals surface area contributed by atoms with Gasteiger partial charge in [0.05, 0.1) is 24.7 Å². The summed E-state index contributed by atoms with van der Waals surface area (Å²) in [6.07, 6.45) is 1.07. The van der Waals surface area contributed by atoms with Crippen LogP contribution >= 0.6 is 46.2 Å². The SMILES string of the molecule is CC(NC(C)(C)CC(C)(C)C)=C(Sc1nc2ccccc2s1)Sc1nc2ccccc2s1. The highest BCUT2D eigenvalue weighted by molar-refractivity contribution is 8.23. The summed E-state index contributed by atoms with van der Waals surface area (Å²) in [6, 6.07) is 16.7. The maximum atomic E-state index is 4.86. The van der Waals surface area contributed by atoms with E-state index in [1.807, 2.05) is 12.1 Å². The van der Waals surface area contributed by atoms with Crippen molar-refractivity contribution in [2.45, 2.75) is 62.2 Å². The van der Waals surface area contributed by atoms with E-state index in [0.717, 1.165) is 26.1 Å². The molecule has 0 saturated carbocycles. The van der Waals surface area contributed by atoms with Gasteiger partial charge in [-0.15, -0.1) is 22.7 Å². The van der Waals surface area contributed by atoms with E-state index in [1.54, 1.807) is 46.2 Å². The van der Waals surface area contributed by atoms with Crippen molar-refractivity contribution in [3.63, 3.8) is 0 Å². The van der Waals surface area contributed by atoms with E-state index >= 15 is 0 Å². The summed E-state index contributed by atoms with van der Waals surface area (Å²) in [6.45, 7) is 13.6. The number of aromatic nitrogens is 2. The average molecular weight is 500 g/mol. The van der Waals surface area contributed by atoms with Crippen molar-refractivity contribution in [1.29, 1.82) is 0 Å². The number of rotatable bonds is 7. The summed E-state index contributed by atoms with van der Waals surface area (Å²) in [7, 11) is 0. The van der Waals surface area contributed by atoms with E-state index in [4.69, 9.17) is 9.97 Å². The van der Waals surface area contributed by atoms with Crippen LogP contribution in [0.2, 0.25) is 0 Å². The van der Waals surface area contributed by atoms with Crippen molar-refractivity contribution in [1.82, 2.24) is 15.3 Å². The molecule has 168 valence electrons. The Morgan fingerprint density at radius 2 is 1.28 bits per heavy atom. The second kappa shape index (κ2) is 9.37. The quantitative estimate of drug-likeness (QED) is 0.257. The maximum absolute atomic E-state index is 4.86. The number of nitrogens with zero attached hydrogens (tertiary/aromatic N) is 2. The van der Waals surface area contributed by atoms with Gasteiger partial charge >= 0.3 is 0 Å². The third-order valence-corrected chi connectivity index (χ3v) is 9.39. The Balaban J connectivity index is 1.66. The molecule has 0 aliphatic rings. The molecule has 0 bridgehead atoms. The van der Waals surface area contributed by atoms with Gasteiger partial charge in [0.2, 0.25) is 0 Å². The molecule has 3 nitrogen and oxygen atoms in total. The van der Waals surface area contributed by atoms with Crippen LogP contribution in [0.25, 0.3) is 20.4 Å². The number of benzene rings is 2. The molecule has 0 saturated heterocycles. The van der Waals surface area contributed by atoms with Crippen LogP contribution in [0.5, 0.6) is 0 Å². The molecule has 0 spiro atoms. The molecule has 32 heavy (non-hydrogen) atoms. The smallest absolute Gasteiger partial charge is 0.156 e. The maximum Gasteiger partial charge on any atom is 0.156 e. The van der Waals surface area contributed by atoms with Crippen LogP contribution in [0.3, 0.4) is 0 Å². The van der Waals surface area contributed by atoms with E-state index in [1.165, 1.54) is 19.3 Å². The average Bonchev–Trinajstić information content (AvgIpc) is 3.27. The molecule has 1 N–H and O–H groups in total. The summed E-state index contributed by atoms with van der Waals surface area (Å²) < 4.78 is 5.76. The number of nitrogens with one attached hydrogen (secondary N) is 1. The lowest BCUT2D eigenvalue weighted by molar-refractivity contribution is 0.256. The molecule has 0 amide bonds. The Morgan fingerprint density at radius 3 is 1.72 bits per heavy atom. The van der Waals surface area contributed by atoms with Gasteiger partial charge in [0.15, 0.2) is 8.68 Å². The number of hydrogen-bond donors (Lipinski definition) is 1. The van der Waals surface area contributed by atoms with E-state index < -0.39 is 0 Å². The zero-order valence-electron chi connectivity index (χ0n) is 19.4. The van der Waals surface area contributed by atoms with Gasteiger partial charge in [0.25, 0.3) is 0 Å². The lowest BCUT2D eigenvalue weighted by Gasteiger charge is -2.35. The van der Waals surface area contributed by atoms with Crippen molar-refractivity contribution >= 4 is 66.6 Å². The molecule has 4 rings (SSSR count). The Hall–Kier alpha value is -1.54. The molecule has 0 aliphatic heterocycles. The van der Waals surface area contributed by atoms with Crippen molar-refractivity contribution in [2.75, 3.05) is 0 Å². The molecule has 2 aromatic carbocycles. The third-order valence-electron chi connectivity index (χ3n) is 4.71. The van der Waals surface area contributed by atoms with E-state index in [9.17, 15) is 0 Å². The van der Waals surface area contributed by atoms with Crippen molar-refractivity contribution in [2.24, 2.45) is 5.41 Å². The van der Waals surface area contributed by atoms with Crippen LogP contribution in [-0.2, 0) is 0 Å². The Bertz CT molecular complexity index is 1120. The summed E-state index contributed by atoms with van der Waals surface area (Å²) >= 11 is 6.97. The van der Waals surface area contributed by atoms with Crippen LogP contribution in [0.15, 0.2) is 67.1 Å². The van der Waals surface area contributed by atoms with Gasteiger partial charge in [-0.25, -0.2) is 9.97 Å². The molecule has 0 aliphatic carbocycles. The highest BCUT2D eigenvalue weighted by Crippen LogP contribution is 2.45. The highest BCUT2D eigenvalue weighted by Gasteiger charge is 2.26. The van der Waals surface area contributed by atoms with Crippen LogP contribution in [0, 0.1) is 5.41 Å². The molecule has 2 heterocycles. The lowest BCUT2D eigenvalue weighted by atomic mass is 9.82. The molecule has 7 heteroatoms. The van der Waals surface area contributed by atoms with Gasteiger partial charge in [-0.2, -0.15) is 0 Å². The van der Waals surface area contributed by atoms with Gasteiger partial charge in [0, 0.05) is 11.2 Å². The lowest BCUT2D eigenvalue weighted by Crippen LogP contribution is -2.41. The van der Waals surface area contributed by atoms with E-state index in [0.29, 0.717) is 0 Å². The number of thiazole rings is 2. The Labute approximate surface area is 207 Å². The fraction of sp³-hybridized carbons (Fsp3) is 0.360. The first-order valence-corrected chi connectivity index (χ1v) is 13.9. The predicted octanol–water partition coefficient (Wildman–Crippen LogP) is 8.78. The third kappa shape index (κ3) is 6.07. The first-order valence-electron chi connectivity index (χ1n) is 10.6. The standard InChI is InChI=1S/C25H29N3S4/c1-16(28-25(5,6)15-24(2,3)4)21(31-22-26-17-11-7-9-13-19(17)29-22)32-23-27-18-12-8-10-14-20(18)30-23/h7-14,28H,15H2,1-6H3. The molecule has 4 aromatic rings. The normalized spacial score (nSPS) is 12.4. The van der Waals surface area contributed by atoms with Crippen molar-refractivity contribution in [3.05, 3.63) is 58.5 Å². The van der Waals surface area contributed by atoms with Gasteiger partial charge in [-0.1, -0.05) is 45.0 Å². The zero-order chi connectivity index (χ0) is 22.9. The Kier molecular flexibility index (Phi) is 6.92. The molecule has 2 aromatic heterocycles. The fourth-order valence-electron chi connectivity index (χ4n) is 4.05. The van der Waals surface area contributed by atoms with Gasteiger partial charge in [-0.05, 0) is 80.4 Å². The molecular weight excluding hydrogens is 471 g/mol. The minimum absolute atomic E-state index is 0.0180. The number of allylic oxidation sites excluding steroid dienone is 1. The van der Waals surface area contributed by atoms with Crippen LogP contribution in [0.1, 0.15) is 48.0 Å². The number of para-hydroxylation sites is 2. The second-order valence-corrected chi connectivity index (χ2v) is 14.6. The van der Waals surface area contributed by atoms with Gasteiger partial charge < -0.3 is 5.32 Å². The number of fused-ring (bicyclic) bond motifs is 2. The number of hydrogen-bond acceptors (Lipinski definition) is 7. The molecule has 0 unspecified atom stereocenters. The summed E-state index contributed by atoms with van der Waals surface area (Å²) in [5.41, 5.74) is 3.52. The van der Waals surface area contributed by atoms with E-state index in [2.05, 4.69) is 83.3 Å². The second-order valence-electron chi connectivity index (χ2n) is 9.76. The van der Waals surface area contributed by atoms with Crippen molar-refractivity contribution in [3.8, 4) is 0 Å². The highest BCUT2D eigenvalue weighted by atomic mass is 32.2. The first-order chi connectivity index (χ1) is 15.1. The van der Waals surface area contributed by atoms with Crippen LogP contribution < -0.4 is 5.32 Å². The topological polar surface area (TPSA) is 37.8 Å². The van der Waals surface area contributed by atoms with Gasteiger partial charge in [0.1, 0.15) is 0 Å². The monoisotopic (exact) mass is 499 g/mol. The fourth-order valence-corrected chi connectivity index (χ4v) is 8.79. The summed E-state index contributed by atoms with van der Waals surface area (Å²) in [4.78, 5) is 9.73. The van der Waals surface area contributed by atoms with Crippen LogP contribution in [-0.4, -0.2) is 15.5 Å². The predicted molar refractivity (Wildman–Crippen MR) is 145 cm³/mol. The van der Waals surface area contributed by atoms with Crippen LogP contribution in [0.4, 0.5) is 0 Å². The molecule has 0 atom stereocenters. The molecular formula is C25H29N3S4. The Morgan fingerprint density at radius 1 is 0.812 bits per heavy atom. The largest absolute Gasteiger partial charge is 0.382 e. The number of thioether (sulfide) groups is 2. The minimum Gasteiger partial charge on any atom is -0.382 e. The first kappa shape index (κ1) is 23.6. The summed E-state index contributed by atoms with van der Waals surface area (Å²) in [5.74, 6) is 0.